The first-order valence-corrected chi connectivity index (χ1v) is 8.42. The maximum atomic E-state index is 5.84. The molecule has 0 saturated carbocycles. The molecule has 0 spiro atoms. The Balaban J connectivity index is 1.86. The first-order valence-electron chi connectivity index (χ1n) is 8.42. The summed E-state index contributed by atoms with van der Waals surface area (Å²) in [4.78, 5) is 12.7. The standard InChI is InChI=1S/C19H22N4O4/c1-12(27-13-6-5-7-20-10-13)9-21-19-14-8-15(24-2)17(25-3)18(26-4)16(14)22-11-23-19/h5-8,10-12H,9H2,1-4H3,(H,21,22,23). The molecule has 1 unspecified atom stereocenters. The van der Waals surface area contributed by atoms with E-state index in [1.165, 1.54) is 6.33 Å². The maximum absolute atomic E-state index is 5.84. The van der Waals surface area contributed by atoms with Crippen LogP contribution >= 0.6 is 0 Å². The summed E-state index contributed by atoms with van der Waals surface area (Å²) in [6.45, 7) is 2.51. The van der Waals surface area contributed by atoms with Crippen LogP contribution in [0.2, 0.25) is 0 Å². The minimum absolute atomic E-state index is 0.0961. The number of benzene rings is 1. The molecule has 0 aliphatic rings. The molecular formula is C19H22N4O4. The lowest BCUT2D eigenvalue weighted by molar-refractivity contribution is 0.234. The highest BCUT2D eigenvalue weighted by molar-refractivity contribution is 5.96. The smallest absolute Gasteiger partial charge is 0.205 e. The molecule has 0 aliphatic heterocycles. The number of hydrogen-bond acceptors (Lipinski definition) is 8. The second-order valence-electron chi connectivity index (χ2n) is 5.76. The van der Waals surface area contributed by atoms with Crippen LogP contribution < -0.4 is 24.3 Å². The fourth-order valence-corrected chi connectivity index (χ4v) is 2.74. The third kappa shape index (κ3) is 3.94. The maximum Gasteiger partial charge on any atom is 0.205 e. The number of aromatic nitrogens is 3. The van der Waals surface area contributed by atoms with Crippen molar-refractivity contribution >= 4 is 16.7 Å². The van der Waals surface area contributed by atoms with Gasteiger partial charge in [-0.2, -0.15) is 0 Å². The van der Waals surface area contributed by atoms with Gasteiger partial charge in [-0.25, -0.2) is 9.97 Å². The molecule has 0 saturated heterocycles. The Morgan fingerprint density at radius 1 is 1.07 bits per heavy atom. The SMILES string of the molecule is COc1cc2c(NCC(C)Oc3cccnc3)ncnc2c(OC)c1OC. The summed E-state index contributed by atoms with van der Waals surface area (Å²) in [5.74, 6) is 2.90. The molecule has 8 heteroatoms. The Hall–Kier alpha value is -3.29. The summed E-state index contributed by atoms with van der Waals surface area (Å²) in [6, 6.07) is 5.52. The molecule has 0 aliphatic carbocycles. The molecule has 0 fully saturated rings. The number of ether oxygens (including phenoxy) is 4. The second kappa shape index (κ2) is 8.39. The lowest BCUT2D eigenvalue weighted by atomic mass is 10.2. The fraction of sp³-hybridized carbons (Fsp3) is 0.316. The van der Waals surface area contributed by atoms with Crippen LogP contribution in [0.3, 0.4) is 0 Å². The number of fused-ring (bicyclic) bond motifs is 1. The molecule has 0 amide bonds. The van der Waals surface area contributed by atoms with Gasteiger partial charge in [-0.05, 0) is 25.1 Å². The van der Waals surface area contributed by atoms with E-state index in [4.69, 9.17) is 18.9 Å². The van der Waals surface area contributed by atoms with Crippen molar-refractivity contribution in [3.05, 3.63) is 36.9 Å². The van der Waals surface area contributed by atoms with E-state index >= 15 is 0 Å². The lowest BCUT2D eigenvalue weighted by Crippen LogP contribution is -2.23. The van der Waals surface area contributed by atoms with E-state index in [2.05, 4.69) is 20.3 Å². The van der Waals surface area contributed by atoms with Crippen molar-refractivity contribution in [3.8, 4) is 23.0 Å². The van der Waals surface area contributed by atoms with E-state index in [1.54, 1.807) is 33.7 Å². The zero-order chi connectivity index (χ0) is 19.2. The number of pyridine rings is 1. The van der Waals surface area contributed by atoms with Crippen LogP contribution in [0.15, 0.2) is 36.9 Å². The monoisotopic (exact) mass is 370 g/mol. The van der Waals surface area contributed by atoms with Crippen molar-refractivity contribution in [2.24, 2.45) is 0 Å². The van der Waals surface area contributed by atoms with E-state index in [-0.39, 0.29) is 6.10 Å². The molecule has 27 heavy (non-hydrogen) atoms. The molecule has 1 N–H and O–H groups in total. The van der Waals surface area contributed by atoms with Crippen molar-refractivity contribution in [2.45, 2.75) is 13.0 Å². The van der Waals surface area contributed by atoms with E-state index in [0.29, 0.717) is 40.9 Å². The summed E-state index contributed by atoms with van der Waals surface area (Å²) in [5.41, 5.74) is 0.633. The summed E-state index contributed by atoms with van der Waals surface area (Å²) < 4.78 is 22.2. The highest BCUT2D eigenvalue weighted by Crippen LogP contribution is 2.43. The lowest BCUT2D eigenvalue weighted by Gasteiger charge is -2.18. The van der Waals surface area contributed by atoms with Gasteiger partial charge in [-0.15, -0.1) is 0 Å². The first kappa shape index (κ1) is 18.5. The molecule has 142 valence electrons. The normalized spacial score (nSPS) is 11.7. The molecule has 0 bridgehead atoms. The topological polar surface area (TPSA) is 87.6 Å². The zero-order valence-corrected chi connectivity index (χ0v) is 15.7. The summed E-state index contributed by atoms with van der Waals surface area (Å²) in [7, 11) is 4.70. The average molecular weight is 370 g/mol. The third-order valence-electron chi connectivity index (χ3n) is 3.96. The highest BCUT2D eigenvalue weighted by atomic mass is 16.5. The Bertz CT molecular complexity index is 905. The summed E-state index contributed by atoms with van der Waals surface area (Å²) in [6.07, 6.45) is 4.77. The summed E-state index contributed by atoms with van der Waals surface area (Å²) >= 11 is 0. The quantitative estimate of drug-likeness (QED) is 0.648. The number of methoxy groups -OCH3 is 3. The predicted molar refractivity (Wildman–Crippen MR) is 102 cm³/mol. The van der Waals surface area contributed by atoms with E-state index < -0.39 is 0 Å². The van der Waals surface area contributed by atoms with Gasteiger partial charge in [0.25, 0.3) is 0 Å². The number of anilines is 1. The Labute approximate surface area is 157 Å². The van der Waals surface area contributed by atoms with Crippen LogP contribution in [-0.4, -0.2) is 48.9 Å². The van der Waals surface area contributed by atoms with E-state index in [1.807, 2.05) is 25.1 Å². The Morgan fingerprint density at radius 3 is 2.56 bits per heavy atom. The molecule has 3 aromatic rings. The largest absolute Gasteiger partial charge is 0.493 e. The minimum atomic E-state index is -0.0961. The van der Waals surface area contributed by atoms with Gasteiger partial charge in [0.05, 0.1) is 39.5 Å². The van der Waals surface area contributed by atoms with Gasteiger partial charge in [-0.1, -0.05) is 0 Å². The average Bonchev–Trinajstić information content (AvgIpc) is 2.71. The van der Waals surface area contributed by atoms with Crippen LogP contribution in [0.1, 0.15) is 6.92 Å². The number of rotatable bonds is 8. The van der Waals surface area contributed by atoms with Crippen molar-refractivity contribution in [2.75, 3.05) is 33.2 Å². The highest BCUT2D eigenvalue weighted by Gasteiger charge is 2.19. The molecule has 1 atom stereocenters. The van der Waals surface area contributed by atoms with E-state index in [9.17, 15) is 0 Å². The Morgan fingerprint density at radius 2 is 1.89 bits per heavy atom. The predicted octanol–water partition coefficient (Wildman–Crippen LogP) is 2.93. The molecule has 8 nitrogen and oxygen atoms in total. The van der Waals surface area contributed by atoms with Gasteiger partial charge in [0.1, 0.15) is 29.5 Å². The zero-order valence-electron chi connectivity index (χ0n) is 15.7. The second-order valence-corrected chi connectivity index (χ2v) is 5.76. The number of nitrogens with zero attached hydrogens (tertiary/aromatic N) is 3. The van der Waals surface area contributed by atoms with E-state index in [0.717, 1.165) is 5.39 Å². The van der Waals surface area contributed by atoms with Crippen LogP contribution in [0, 0.1) is 0 Å². The van der Waals surface area contributed by atoms with Gasteiger partial charge >= 0.3 is 0 Å². The number of nitrogens with one attached hydrogen (secondary N) is 1. The van der Waals surface area contributed by atoms with Gasteiger partial charge in [-0.3, -0.25) is 4.98 Å². The molecule has 1 aromatic carbocycles. The first-order chi connectivity index (χ1) is 13.2. The van der Waals surface area contributed by atoms with Crippen molar-refractivity contribution in [3.63, 3.8) is 0 Å². The molecule has 3 rings (SSSR count). The summed E-state index contributed by atoms with van der Waals surface area (Å²) in [5, 5.41) is 4.06. The van der Waals surface area contributed by atoms with Crippen molar-refractivity contribution in [1.29, 1.82) is 0 Å². The van der Waals surface area contributed by atoms with Crippen molar-refractivity contribution in [1.82, 2.24) is 15.0 Å². The molecule has 2 aromatic heterocycles. The Kier molecular flexibility index (Phi) is 5.75. The molecular weight excluding hydrogens is 348 g/mol. The number of hydrogen-bond donors (Lipinski definition) is 1. The minimum Gasteiger partial charge on any atom is -0.493 e. The third-order valence-corrected chi connectivity index (χ3v) is 3.96. The van der Waals surface area contributed by atoms with Crippen LogP contribution in [-0.2, 0) is 0 Å². The van der Waals surface area contributed by atoms with Crippen LogP contribution in [0.4, 0.5) is 5.82 Å². The van der Waals surface area contributed by atoms with Crippen molar-refractivity contribution < 1.29 is 18.9 Å². The van der Waals surface area contributed by atoms with Crippen LogP contribution in [0.5, 0.6) is 23.0 Å². The van der Waals surface area contributed by atoms with Crippen LogP contribution in [0.25, 0.3) is 10.9 Å². The fourth-order valence-electron chi connectivity index (χ4n) is 2.74. The van der Waals surface area contributed by atoms with Gasteiger partial charge < -0.3 is 24.3 Å². The van der Waals surface area contributed by atoms with Gasteiger partial charge in [0.2, 0.25) is 5.75 Å². The molecule has 0 radical (unpaired) electrons. The molecule has 2 heterocycles. The van der Waals surface area contributed by atoms with Gasteiger partial charge in [0, 0.05) is 6.20 Å². The van der Waals surface area contributed by atoms with Gasteiger partial charge in [0.15, 0.2) is 11.5 Å².